The second-order valence-corrected chi connectivity index (χ2v) is 6.56. The van der Waals surface area contributed by atoms with Gasteiger partial charge in [-0.05, 0) is 44.4 Å². The molecule has 0 saturated carbocycles. The van der Waals surface area contributed by atoms with E-state index in [-0.39, 0.29) is 24.2 Å². The van der Waals surface area contributed by atoms with E-state index in [0.29, 0.717) is 10.8 Å². The van der Waals surface area contributed by atoms with Crippen LogP contribution in [0.5, 0.6) is 0 Å². The quantitative estimate of drug-likeness (QED) is 0.485. The minimum absolute atomic E-state index is 0.0339. The maximum atomic E-state index is 9.08. The number of rotatable bonds is 3. The van der Waals surface area contributed by atoms with Crippen molar-refractivity contribution >= 4 is 34.2 Å². The lowest BCUT2D eigenvalue weighted by Crippen LogP contribution is -2.20. The maximum Gasteiger partial charge on any atom is 0.225 e. The van der Waals surface area contributed by atoms with Gasteiger partial charge in [-0.15, -0.1) is 0 Å². The van der Waals surface area contributed by atoms with Crippen LogP contribution in [0, 0.1) is 0 Å². The third kappa shape index (κ3) is 4.78. The highest BCUT2D eigenvalue weighted by Crippen LogP contribution is 2.32. The Hall–Kier alpha value is -0.960. The summed E-state index contributed by atoms with van der Waals surface area (Å²) in [6.45, 7) is 3.19. The summed E-state index contributed by atoms with van der Waals surface area (Å²) in [5, 5.41) is 18.9. The van der Waals surface area contributed by atoms with Crippen molar-refractivity contribution in [1.82, 2.24) is 14.5 Å². The van der Waals surface area contributed by atoms with Gasteiger partial charge in [0, 0.05) is 13.3 Å². The Kier molecular flexibility index (Phi) is 6.41. The fourth-order valence-corrected chi connectivity index (χ4v) is 2.67. The molecule has 0 bridgehead atoms. The number of nitrogens with zero attached hydrogens (tertiary/aromatic N) is 3. The van der Waals surface area contributed by atoms with Gasteiger partial charge in [0.2, 0.25) is 5.28 Å². The zero-order valence-corrected chi connectivity index (χ0v) is 15.3. The number of hydrogen-bond acceptors (Lipinski definition) is 6. The van der Waals surface area contributed by atoms with Crippen LogP contribution in [0.3, 0.4) is 0 Å². The summed E-state index contributed by atoms with van der Waals surface area (Å²) in [6, 6.07) is 1.84. The minimum atomic E-state index is -0.958. The smallest absolute Gasteiger partial charge is 0.225 e. The summed E-state index contributed by atoms with van der Waals surface area (Å²) in [6.07, 6.45) is 3.26. The first-order valence-corrected chi connectivity index (χ1v) is 8.24. The second kappa shape index (κ2) is 7.95. The highest BCUT2D eigenvalue weighted by molar-refractivity contribution is 6.35. The highest BCUT2D eigenvalue weighted by Gasteiger charge is 2.27. The van der Waals surface area contributed by atoms with Crippen LogP contribution in [0.4, 0.5) is 0 Å². The van der Waals surface area contributed by atoms with Gasteiger partial charge in [0.25, 0.3) is 0 Å². The van der Waals surface area contributed by atoms with Crippen molar-refractivity contribution in [2.75, 3.05) is 13.7 Å². The van der Waals surface area contributed by atoms with Crippen molar-refractivity contribution in [3.63, 3.8) is 0 Å². The number of aliphatic hydroxyl groups excluding tert-OH is 1. The van der Waals surface area contributed by atoms with Crippen LogP contribution in [0.1, 0.15) is 32.9 Å². The molecular weight excluding hydrogens is 357 g/mol. The number of ether oxygens (including phenoxy) is 2. The molecule has 1 aliphatic heterocycles. The molecule has 0 aromatic carbocycles. The maximum absolute atomic E-state index is 9.08. The molecule has 1 aliphatic rings. The summed E-state index contributed by atoms with van der Waals surface area (Å²) in [5.74, 6) is -0.958. The summed E-state index contributed by atoms with van der Waals surface area (Å²) in [4.78, 5) is 8.08. The molecule has 24 heavy (non-hydrogen) atoms. The lowest BCUT2D eigenvalue weighted by atomic mass is 10.2. The van der Waals surface area contributed by atoms with E-state index in [4.69, 9.17) is 38.2 Å². The van der Waals surface area contributed by atoms with Gasteiger partial charge in [-0.1, -0.05) is 11.6 Å². The van der Waals surface area contributed by atoms with Crippen molar-refractivity contribution in [2.24, 2.45) is 0 Å². The van der Waals surface area contributed by atoms with Crippen LogP contribution in [-0.4, -0.2) is 50.4 Å². The molecule has 0 aliphatic carbocycles. The zero-order valence-electron chi connectivity index (χ0n) is 13.7. The summed E-state index contributed by atoms with van der Waals surface area (Å²) >= 11 is 11.8. The van der Waals surface area contributed by atoms with E-state index in [0.717, 1.165) is 18.2 Å². The minimum Gasteiger partial charge on any atom is -0.394 e. The van der Waals surface area contributed by atoms with Gasteiger partial charge in [-0.3, -0.25) is 0 Å². The molecule has 134 valence electrons. The lowest BCUT2D eigenvalue weighted by Gasteiger charge is -2.14. The second-order valence-electron chi connectivity index (χ2n) is 5.87. The Morgan fingerprint density at radius 3 is 2.58 bits per heavy atom. The first-order chi connectivity index (χ1) is 11.2. The molecule has 2 unspecified atom stereocenters. The number of aliphatic hydroxyl groups is 2. The molecule has 0 amide bonds. The fraction of sp³-hybridized carbons (Fsp3) is 0.600. The van der Waals surface area contributed by atoms with E-state index in [2.05, 4.69) is 14.7 Å². The average Bonchev–Trinajstić information content (AvgIpc) is 3.13. The molecule has 2 atom stereocenters. The van der Waals surface area contributed by atoms with Crippen LogP contribution < -0.4 is 0 Å². The van der Waals surface area contributed by atoms with Gasteiger partial charge in [-0.25, -0.2) is 4.98 Å². The lowest BCUT2D eigenvalue weighted by molar-refractivity contribution is -0.155. The molecular formula is C15H21Cl2N3O4. The number of halogens is 2. The van der Waals surface area contributed by atoms with E-state index >= 15 is 0 Å². The first-order valence-electron chi connectivity index (χ1n) is 7.48. The summed E-state index contributed by atoms with van der Waals surface area (Å²) < 4.78 is 12.1. The Morgan fingerprint density at radius 2 is 2.04 bits per heavy atom. The van der Waals surface area contributed by atoms with E-state index in [1.807, 2.05) is 16.8 Å². The Labute approximate surface area is 150 Å². The van der Waals surface area contributed by atoms with Gasteiger partial charge in [0.1, 0.15) is 17.0 Å². The molecule has 2 aromatic heterocycles. The van der Waals surface area contributed by atoms with Gasteiger partial charge < -0.3 is 24.3 Å². The highest BCUT2D eigenvalue weighted by atomic mass is 35.5. The molecule has 0 spiro atoms. The van der Waals surface area contributed by atoms with Gasteiger partial charge in [-0.2, -0.15) is 4.98 Å². The van der Waals surface area contributed by atoms with Crippen molar-refractivity contribution in [3.05, 3.63) is 22.7 Å². The molecule has 3 heterocycles. The zero-order chi connectivity index (χ0) is 17.9. The first kappa shape index (κ1) is 19.4. The van der Waals surface area contributed by atoms with E-state index < -0.39 is 5.79 Å². The standard InChI is InChI=1S/C11H11Cl2N3O2.C4H10O2/c12-9-7-3-4-16(10(7)15-11(13)14-9)8-2-1-6(5-17)18-8;1-4(2,5)6-3/h3-4,6,8,17H,1-2,5H2;5H,1-3H3. The van der Waals surface area contributed by atoms with Crippen molar-refractivity contribution in [1.29, 1.82) is 0 Å². The number of fused-ring (bicyclic) bond motifs is 1. The predicted octanol–water partition coefficient (Wildman–Crippen LogP) is 2.77. The third-order valence-electron chi connectivity index (χ3n) is 3.60. The van der Waals surface area contributed by atoms with Crippen molar-refractivity contribution < 1.29 is 19.7 Å². The van der Waals surface area contributed by atoms with Crippen molar-refractivity contribution in [3.8, 4) is 0 Å². The number of methoxy groups -OCH3 is 1. The predicted molar refractivity (Wildman–Crippen MR) is 91.1 cm³/mol. The van der Waals surface area contributed by atoms with E-state index in [9.17, 15) is 0 Å². The van der Waals surface area contributed by atoms with Crippen LogP contribution in [0.25, 0.3) is 11.0 Å². The van der Waals surface area contributed by atoms with Crippen LogP contribution in [0.15, 0.2) is 12.3 Å². The molecule has 3 rings (SSSR count). The molecule has 1 fully saturated rings. The SMILES string of the molecule is COC(C)(C)O.OCC1CCC(n2ccc3c(Cl)nc(Cl)nc32)O1. The average molecular weight is 378 g/mol. The van der Waals surface area contributed by atoms with E-state index in [1.54, 1.807) is 13.8 Å². The molecule has 9 heteroatoms. The van der Waals surface area contributed by atoms with E-state index in [1.165, 1.54) is 7.11 Å². The Balaban J connectivity index is 0.000000301. The summed E-state index contributed by atoms with van der Waals surface area (Å²) in [5.41, 5.74) is 0.656. The number of aromatic nitrogens is 3. The van der Waals surface area contributed by atoms with Crippen molar-refractivity contribution in [2.45, 2.75) is 44.8 Å². The van der Waals surface area contributed by atoms with Gasteiger partial charge >= 0.3 is 0 Å². The normalized spacial score (nSPS) is 21.0. The Morgan fingerprint density at radius 1 is 1.38 bits per heavy atom. The Bertz CT molecular complexity index is 687. The third-order valence-corrected chi connectivity index (χ3v) is 4.05. The van der Waals surface area contributed by atoms with Crippen LogP contribution in [-0.2, 0) is 9.47 Å². The topological polar surface area (TPSA) is 89.6 Å². The molecule has 1 saturated heterocycles. The molecule has 7 nitrogen and oxygen atoms in total. The number of hydrogen-bond donors (Lipinski definition) is 2. The summed E-state index contributed by atoms with van der Waals surface area (Å²) in [7, 11) is 1.46. The largest absolute Gasteiger partial charge is 0.394 e. The molecule has 2 aromatic rings. The van der Waals surface area contributed by atoms with Crippen LogP contribution in [0.2, 0.25) is 10.4 Å². The van der Waals surface area contributed by atoms with Gasteiger partial charge in [0.05, 0.1) is 18.1 Å². The van der Waals surface area contributed by atoms with Gasteiger partial charge in [0.15, 0.2) is 5.79 Å². The monoisotopic (exact) mass is 377 g/mol. The molecule has 0 radical (unpaired) electrons. The van der Waals surface area contributed by atoms with Crippen LogP contribution >= 0.6 is 23.2 Å². The molecule has 2 N–H and O–H groups in total. The fourth-order valence-electron chi connectivity index (χ4n) is 2.23.